The molecule has 1 aromatic carbocycles. The predicted molar refractivity (Wildman–Crippen MR) is 129 cm³/mol. The number of thiazole rings is 1. The maximum absolute atomic E-state index is 12.1. The van der Waals surface area contributed by atoms with E-state index in [1.807, 2.05) is 0 Å². The lowest BCUT2D eigenvalue weighted by atomic mass is 10.1. The summed E-state index contributed by atoms with van der Waals surface area (Å²) < 4.78 is 28.0. The molecule has 0 amide bonds. The van der Waals surface area contributed by atoms with Crippen LogP contribution < -0.4 is 21.1 Å². The van der Waals surface area contributed by atoms with Crippen LogP contribution in [0.25, 0.3) is 0 Å². The molecule has 5 N–H and O–H groups in total. The van der Waals surface area contributed by atoms with Crippen molar-refractivity contribution in [1.82, 2.24) is 20.3 Å². The summed E-state index contributed by atoms with van der Waals surface area (Å²) in [7, 11) is -3.74. The molecule has 4 rings (SSSR count). The molecule has 11 nitrogen and oxygen atoms in total. The number of fused-ring (bicyclic) bond motifs is 1. The van der Waals surface area contributed by atoms with Gasteiger partial charge in [-0.3, -0.25) is 5.32 Å². The number of hydrogen-bond donors (Lipinski definition) is 4. The van der Waals surface area contributed by atoms with E-state index >= 15 is 0 Å². The zero-order valence-corrected chi connectivity index (χ0v) is 20.3. The lowest BCUT2D eigenvalue weighted by Gasteiger charge is -2.20. The molecule has 1 aliphatic rings. The number of aryl methyl sites for hydroxylation is 1. The highest BCUT2D eigenvalue weighted by molar-refractivity contribution is 7.89. The number of rotatable bonds is 8. The predicted octanol–water partition coefficient (Wildman–Crippen LogP) is 2.07. The lowest BCUT2D eigenvalue weighted by Crippen LogP contribution is -2.26. The van der Waals surface area contributed by atoms with Gasteiger partial charge in [-0.2, -0.15) is 4.98 Å². The molecule has 0 fully saturated rings. The average molecular weight is 504 g/mol. The fourth-order valence-corrected chi connectivity index (χ4v) is 4.83. The molecule has 0 atom stereocenters. The topological polar surface area (TPSA) is 161 Å². The number of anilines is 3. The third-order valence-corrected chi connectivity index (χ3v) is 7.10. The highest BCUT2D eigenvalue weighted by Gasteiger charge is 2.20. The van der Waals surface area contributed by atoms with Crippen molar-refractivity contribution in [2.75, 3.05) is 23.8 Å². The largest absolute Gasteiger partial charge is 0.462 e. The van der Waals surface area contributed by atoms with Gasteiger partial charge in [0.15, 0.2) is 5.13 Å². The van der Waals surface area contributed by atoms with Gasteiger partial charge in [-0.25, -0.2) is 28.3 Å². The smallest absolute Gasteiger partial charge is 0.350 e. The van der Waals surface area contributed by atoms with Crippen molar-refractivity contribution in [2.45, 2.75) is 38.3 Å². The highest BCUT2D eigenvalue weighted by Crippen LogP contribution is 2.28. The Balaban J connectivity index is 1.55. The summed E-state index contributed by atoms with van der Waals surface area (Å²) in [6.07, 6.45) is 0.745. The molecular formula is C21H25N7O4S2. The Labute approximate surface area is 201 Å². The van der Waals surface area contributed by atoms with Crippen LogP contribution in [0, 0.1) is 6.92 Å². The van der Waals surface area contributed by atoms with Crippen molar-refractivity contribution in [2.24, 2.45) is 5.14 Å². The Hall–Kier alpha value is -3.13. The minimum absolute atomic E-state index is 0.0623. The van der Waals surface area contributed by atoms with Crippen LogP contribution in [0.15, 0.2) is 29.2 Å². The first kappa shape index (κ1) is 24.0. The van der Waals surface area contributed by atoms with Crippen LogP contribution in [-0.4, -0.2) is 42.5 Å². The molecule has 180 valence electrons. The molecule has 3 heterocycles. The van der Waals surface area contributed by atoms with Gasteiger partial charge in [0, 0.05) is 31.6 Å². The second-order valence-electron chi connectivity index (χ2n) is 7.57. The molecular weight excluding hydrogens is 478 g/mol. The number of esters is 1. The number of carbonyl (C=O) groups excluding carboxylic acids is 1. The van der Waals surface area contributed by atoms with Crippen molar-refractivity contribution < 1.29 is 17.9 Å². The maximum atomic E-state index is 12.1. The van der Waals surface area contributed by atoms with E-state index in [-0.39, 0.29) is 4.90 Å². The molecule has 0 saturated heterocycles. The van der Waals surface area contributed by atoms with Crippen LogP contribution >= 0.6 is 11.3 Å². The van der Waals surface area contributed by atoms with Crippen molar-refractivity contribution in [3.05, 3.63) is 51.7 Å². The van der Waals surface area contributed by atoms with Gasteiger partial charge < -0.3 is 15.4 Å². The van der Waals surface area contributed by atoms with E-state index in [0.717, 1.165) is 29.8 Å². The van der Waals surface area contributed by atoms with Crippen molar-refractivity contribution >= 4 is 44.2 Å². The summed E-state index contributed by atoms with van der Waals surface area (Å²) in [5.41, 5.74) is 3.34. The standard InChI is InChI=1S/C21H25N7O4S2/c1-3-32-19(29)17-12(2)25-21(33-17)28-20-26-16-8-9-23-11-15(16)18(27-20)24-10-13-4-6-14(7-5-13)34(22,30)31/h4-7,23H,3,8-11H2,1-2H3,(H2,22,30,31)(H2,24,25,26,27,28). The van der Waals surface area contributed by atoms with Crippen molar-refractivity contribution in [3.63, 3.8) is 0 Å². The van der Waals surface area contributed by atoms with E-state index in [0.29, 0.717) is 47.2 Å². The zero-order valence-electron chi connectivity index (χ0n) is 18.7. The van der Waals surface area contributed by atoms with Gasteiger partial charge in [0.25, 0.3) is 0 Å². The monoisotopic (exact) mass is 503 g/mol. The van der Waals surface area contributed by atoms with Gasteiger partial charge >= 0.3 is 5.97 Å². The molecule has 0 unspecified atom stereocenters. The van der Waals surface area contributed by atoms with Crippen LogP contribution in [0.3, 0.4) is 0 Å². The van der Waals surface area contributed by atoms with E-state index in [9.17, 15) is 13.2 Å². The Morgan fingerprint density at radius 1 is 1.24 bits per heavy atom. The average Bonchev–Trinajstić information content (AvgIpc) is 3.17. The molecule has 0 bridgehead atoms. The van der Waals surface area contributed by atoms with Crippen molar-refractivity contribution in [1.29, 1.82) is 0 Å². The van der Waals surface area contributed by atoms with E-state index in [1.165, 1.54) is 23.5 Å². The molecule has 1 aliphatic heterocycles. The van der Waals surface area contributed by atoms with Crippen LogP contribution in [0.4, 0.5) is 16.9 Å². The van der Waals surface area contributed by atoms with Gasteiger partial charge in [-0.15, -0.1) is 0 Å². The van der Waals surface area contributed by atoms with Crippen LogP contribution in [0.1, 0.15) is 39.1 Å². The Morgan fingerprint density at radius 3 is 2.71 bits per heavy atom. The fraction of sp³-hybridized carbons (Fsp3) is 0.333. The Morgan fingerprint density at radius 2 is 2.00 bits per heavy atom. The summed E-state index contributed by atoms with van der Waals surface area (Å²) in [6, 6.07) is 6.35. The normalized spacial score (nSPS) is 13.3. The molecule has 0 radical (unpaired) electrons. The number of aromatic nitrogens is 3. The number of benzene rings is 1. The third-order valence-electron chi connectivity index (χ3n) is 5.12. The number of hydrogen-bond acceptors (Lipinski definition) is 11. The second kappa shape index (κ2) is 10.0. The van der Waals surface area contributed by atoms with Gasteiger partial charge in [-0.1, -0.05) is 23.5 Å². The number of nitrogens with two attached hydrogens (primary N) is 1. The molecule has 0 aliphatic carbocycles. The SMILES string of the molecule is CCOC(=O)c1sc(Nc2nc3c(c(NCc4ccc(S(N)(=O)=O)cc4)n2)CNCC3)nc1C. The first-order valence-electron chi connectivity index (χ1n) is 10.6. The first-order chi connectivity index (χ1) is 16.2. The van der Waals surface area contributed by atoms with Gasteiger partial charge in [0.05, 0.1) is 22.9 Å². The quantitative estimate of drug-likeness (QED) is 0.335. The second-order valence-corrected chi connectivity index (χ2v) is 10.1. The molecule has 2 aromatic heterocycles. The molecule has 34 heavy (non-hydrogen) atoms. The minimum Gasteiger partial charge on any atom is -0.462 e. The summed E-state index contributed by atoms with van der Waals surface area (Å²) in [6.45, 7) is 5.67. The fourth-order valence-electron chi connectivity index (χ4n) is 3.46. The van der Waals surface area contributed by atoms with Gasteiger partial charge in [0.1, 0.15) is 10.7 Å². The maximum Gasteiger partial charge on any atom is 0.350 e. The van der Waals surface area contributed by atoms with E-state index in [4.69, 9.17) is 9.88 Å². The number of primary sulfonamides is 1. The number of ether oxygens (including phenoxy) is 1. The summed E-state index contributed by atoms with van der Waals surface area (Å²) in [4.78, 5) is 26.3. The number of carbonyl (C=O) groups is 1. The van der Waals surface area contributed by atoms with E-state index in [1.54, 1.807) is 26.0 Å². The summed E-state index contributed by atoms with van der Waals surface area (Å²) in [5, 5.41) is 15.4. The molecule has 3 aromatic rings. The van der Waals surface area contributed by atoms with E-state index < -0.39 is 16.0 Å². The van der Waals surface area contributed by atoms with Gasteiger partial charge in [-0.05, 0) is 31.5 Å². The molecule has 0 saturated carbocycles. The van der Waals surface area contributed by atoms with Crippen LogP contribution in [0.2, 0.25) is 0 Å². The highest BCUT2D eigenvalue weighted by atomic mass is 32.2. The molecule has 13 heteroatoms. The van der Waals surface area contributed by atoms with Crippen molar-refractivity contribution in [3.8, 4) is 0 Å². The molecule has 0 spiro atoms. The zero-order chi connectivity index (χ0) is 24.3. The first-order valence-corrected chi connectivity index (χ1v) is 13.0. The number of nitrogens with one attached hydrogen (secondary N) is 3. The van der Waals surface area contributed by atoms with Crippen LogP contribution in [-0.2, 0) is 34.3 Å². The summed E-state index contributed by atoms with van der Waals surface area (Å²) >= 11 is 1.19. The Kier molecular flexibility index (Phi) is 7.07. The summed E-state index contributed by atoms with van der Waals surface area (Å²) in [5.74, 6) is 0.629. The number of sulfonamides is 1. The lowest BCUT2D eigenvalue weighted by molar-refractivity contribution is 0.0531. The van der Waals surface area contributed by atoms with E-state index in [2.05, 4.69) is 30.9 Å². The minimum atomic E-state index is -3.74. The third kappa shape index (κ3) is 5.50. The van der Waals surface area contributed by atoms with Gasteiger partial charge in [0.2, 0.25) is 16.0 Å². The Bertz CT molecular complexity index is 1310. The number of nitrogens with zero attached hydrogens (tertiary/aromatic N) is 3. The van der Waals surface area contributed by atoms with Crippen LogP contribution in [0.5, 0.6) is 0 Å².